The quantitative estimate of drug-likeness (QED) is 0.707. The SMILES string of the molecule is Cc1noc(C)c1Cc1nnc2n1[C@@H](C)C(=O)N(Cc1cccc(F)c1)C2. The first-order chi connectivity index (χ1) is 12.9. The summed E-state index contributed by atoms with van der Waals surface area (Å²) in [7, 11) is 0. The van der Waals surface area contributed by atoms with Crippen molar-refractivity contribution < 1.29 is 13.7 Å². The minimum atomic E-state index is -0.423. The Kier molecular flexibility index (Phi) is 4.25. The van der Waals surface area contributed by atoms with E-state index in [2.05, 4.69) is 15.4 Å². The van der Waals surface area contributed by atoms with E-state index in [1.165, 1.54) is 12.1 Å². The summed E-state index contributed by atoms with van der Waals surface area (Å²) in [6.45, 7) is 6.26. The molecular weight excluding hydrogens is 349 g/mol. The molecule has 140 valence electrons. The number of benzene rings is 1. The molecular formula is C19H20FN5O2. The molecule has 7 nitrogen and oxygen atoms in total. The Labute approximate surface area is 155 Å². The normalized spacial score (nSPS) is 16.7. The van der Waals surface area contributed by atoms with Crippen molar-refractivity contribution in [3.63, 3.8) is 0 Å². The summed E-state index contributed by atoms with van der Waals surface area (Å²) in [6, 6.07) is 5.87. The van der Waals surface area contributed by atoms with Crippen molar-refractivity contribution in [1.82, 2.24) is 24.8 Å². The summed E-state index contributed by atoms with van der Waals surface area (Å²) < 4.78 is 20.5. The zero-order chi connectivity index (χ0) is 19.1. The van der Waals surface area contributed by atoms with Gasteiger partial charge in [0.1, 0.15) is 23.4 Å². The van der Waals surface area contributed by atoms with Gasteiger partial charge in [0.25, 0.3) is 0 Å². The van der Waals surface area contributed by atoms with Crippen molar-refractivity contribution >= 4 is 5.91 Å². The lowest BCUT2D eigenvalue weighted by Crippen LogP contribution is -2.41. The predicted octanol–water partition coefficient (Wildman–Crippen LogP) is 2.72. The molecule has 1 aromatic carbocycles. The maximum Gasteiger partial charge on any atom is 0.246 e. The molecule has 0 bridgehead atoms. The molecule has 0 unspecified atom stereocenters. The summed E-state index contributed by atoms with van der Waals surface area (Å²) in [5.74, 6) is 1.83. The van der Waals surface area contributed by atoms with Crippen LogP contribution < -0.4 is 0 Å². The second-order valence-electron chi connectivity index (χ2n) is 6.88. The number of fused-ring (bicyclic) bond motifs is 1. The Bertz CT molecular complexity index is 990. The molecule has 0 fully saturated rings. The van der Waals surface area contributed by atoms with E-state index in [4.69, 9.17) is 4.52 Å². The van der Waals surface area contributed by atoms with Crippen LogP contribution in [0.3, 0.4) is 0 Å². The van der Waals surface area contributed by atoms with Gasteiger partial charge in [-0.3, -0.25) is 4.79 Å². The Morgan fingerprint density at radius 3 is 2.81 bits per heavy atom. The van der Waals surface area contributed by atoms with Gasteiger partial charge in [-0.2, -0.15) is 0 Å². The van der Waals surface area contributed by atoms with Crippen molar-refractivity contribution in [3.05, 3.63) is 64.3 Å². The van der Waals surface area contributed by atoms with Crippen molar-refractivity contribution in [1.29, 1.82) is 0 Å². The highest BCUT2D eigenvalue weighted by molar-refractivity contribution is 5.81. The first kappa shape index (κ1) is 17.4. The van der Waals surface area contributed by atoms with Crippen LogP contribution in [0.1, 0.15) is 47.2 Å². The second-order valence-corrected chi connectivity index (χ2v) is 6.88. The zero-order valence-corrected chi connectivity index (χ0v) is 15.4. The minimum Gasteiger partial charge on any atom is -0.361 e. The van der Waals surface area contributed by atoms with Gasteiger partial charge < -0.3 is 14.0 Å². The van der Waals surface area contributed by atoms with Gasteiger partial charge in [0.15, 0.2) is 5.82 Å². The molecule has 2 aromatic heterocycles. The largest absolute Gasteiger partial charge is 0.361 e. The highest BCUT2D eigenvalue weighted by atomic mass is 19.1. The zero-order valence-electron chi connectivity index (χ0n) is 15.4. The molecule has 3 aromatic rings. The Balaban J connectivity index is 1.60. The summed E-state index contributed by atoms with van der Waals surface area (Å²) in [5.41, 5.74) is 2.53. The smallest absolute Gasteiger partial charge is 0.246 e. The van der Waals surface area contributed by atoms with E-state index >= 15 is 0 Å². The van der Waals surface area contributed by atoms with E-state index < -0.39 is 6.04 Å². The van der Waals surface area contributed by atoms with Gasteiger partial charge in [-0.1, -0.05) is 17.3 Å². The first-order valence-corrected chi connectivity index (χ1v) is 8.81. The van der Waals surface area contributed by atoms with E-state index in [0.29, 0.717) is 25.3 Å². The number of amides is 1. The minimum absolute atomic E-state index is 0.0356. The molecule has 0 N–H and O–H groups in total. The van der Waals surface area contributed by atoms with Crippen LogP contribution in [0.2, 0.25) is 0 Å². The third-order valence-electron chi connectivity index (χ3n) is 5.00. The molecule has 0 saturated heterocycles. The van der Waals surface area contributed by atoms with Crippen LogP contribution in [-0.2, 0) is 24.3 Å². The number of carbonyl (C=O) groups is 1. The van der Waals surface area contributed by atoms with Crippen LogP contribution in [0.25, 0.3) is 0 Å². The van der Waals surface area contributed by atoms with Gasteiger partial charge in [0.2, 0.25) is 5.91 Å². The molecule has 0 aliphatic carbocycles. The lowest BCUT2D eigenvalue weighted by Gasteiger charge is -2.32. The molecule has 0 saturated carbocycles. The van der Waals surface area contributed by atoms with Gasteiger partial charge in [-0.05, 0) is 38.5 Å². The lowest BCUT2D eigenvalue weighted by molar-refractivity contribution is -0.137. The van der Waals surface area contributed by atoms with Gasteiger partial charge in [0.05, 0.1) is 12.2 Å². The average molecular weight is 369 g/mol. The lowest BCUT2D eigenvalue weighted by atomic mass is 10.1. The van der Waals surface area contributed by atoms with E-state index in [0.717, 1.165) is 28.4 Å². The van der Waals surface area contributed by atoms with E-state index in [9.17, 15) is 9.18 Å². The van der Waals surface area contributed by atoms with E-state index in [1.807, 2.05) is 31.4 Å². The molecule has 1 atom stereocenters. The van der Waals surface area contributed by atoms with Crippen molar-refractivity contribution in [2.75, 3.05) is 0 Å². The standard InChI is InChI=1S/C19H20FN5O2/c1-11-16(13(3)27-23-11)8-17-21-22-18-10-24(19(26)12(2)25(17)18)9-14-5-4-6-15(20)7-14/h4-7,12H,8-10H2,1-3H3/t12-/m0/s1. The third-order valence-corrected chi connectivity index (χ3v) is 5.00. The van der Waals surface area contributed by atoms with Crippen LogP contribution in [0, 0.1) is 19.7 Å². The number of halogens is 1. The second kappa shape index (κ2) is 6.61. The van der Waals surface area contributed by atoms with Gasteiger partial charge >= 0.3 is 0 Å². The van der Waals surface area contributed by atoms with Crippen molar-refractivity contribution in [2.45, 2.75) is 46.3 Å². The molecule has 1 amide bonds. The van der Waals surface area contributed by atoms with E-state index in [-0.39, 0.29) is 11.7 Å². The molecule has 1 aliphatic rings. The topological polar surface area (TPSA) is 77.0 Å². The highest BCUT2D eigenvalue weighted by Crippen LogP contribution is 2.26. The van der Waals surface area contributed by atoms with E-state index in [1.54, 1.807) is 11.0 Å². The summed E-state index contributed by atoms with van der Waals surface area (Å²) in [6.07, 6.45) is 0.510. The van der Waals surface area contributed by atoms with Crippen molar-refractivity contribution in [3.8, 4) is 0 Å². The molecule has 0 spiro atoms. The Morgan fingerprint density at radius 1 is 1.30 bits per heavy atom. The number of hydrogen-bond acceptors (Lipinski definition) is 5. The van der Waals surface area contributed by atoms with Crippen molar-refractivity contribution in [2.24, 2.45) is 0 Å². The fourth-order valence-corrected chi connectivity index (χ4v) is 3.56. The number of aryl methyl sites for hydroxylation is 2. The molecule has 4 rings (SSSR count). The highest BCUT2D eigenvalue weighted by Gasteiger charge is 2.33. The number of aromatic nitrogens is 4. The number of carbonyl (C=O) groups excluding carboxylic acids is 1. The predicted molar refractivity (Wildman–Crippen MR) is 94.2 cm³/mol. The molecule has 3 heterocycles. The number of nitrogens with zero attached hydrogens (tertiary/aromatic N) is 5. The summed E-state index contributed by atoms with van der Waals surface area (Å²) >= 11 is 0. The van der Waals surface area contributed by atoms with Crippen LogP contribution in [0.15, 0.2) is 28.8 Å². The fraction of sp³-hybridized carbons (Fsp3) is 0.368. The molecule has 1 aliphatic heterocycles. The monoisotopic (exact) mass is 369 g/mol. The maximum atomic E-state index is 13.4. The molecule has 8 heteroatoms. The Morgan fingerprint density at radius 2 is 2.11 bits per heavy atom. The van der Waals surface area contributed by atoms with Crippen LogP contribution in [-0.4, -0.2) is 30.7 Å². The molecule has 27 heavy (non-hydrogen) atoms. The average Bonchev–Trinajstić information content (AvgIpc) is 3.18. The van der Waals surface area contributed by atoms with Gasteiger partial charge in [-0.15, -0.1) is 10.2 Å². The fourth-order valence-electron chi connectivity index (χ4n) is 3.56. The summed E-state index contributed by atoms with van der Waals surface area (Å²) in [4.78, 5) is 14.6. The third kappa shape index (κ3) is 3.11. The maximum absolute atomic E-state index is 13.4. The molecule has 0 radical (unpaired) electrons. The van der Waals surface area contributed by atoms with Crippen LogP contribution in [0.4, 0.5) is 4.39 Å². The van der Waals surface area contributed by atoms with Crippen LogP contribution >= 0.6 is 0 Å². The number of hydrogen-bond donors (Lipinski definition) is 0. The van der Waals surface area contributed by atoms with Gasteiger partial charge in [-0.25, -0.2) is 4.39 Å². The Hall–Kier alpha value is -3.03. The summed E-state index contributed by atoms with van der Waals surface area (Å²) in [5, 5.41) is 12.6. The first-order valence-electron chi connectivity index (χ1n) is 8.81. The van der Waals surface area contributed by atoms with Crippen LogP contribution in [0.5, 0.6) is 0 Å². The van der Waals surface area contributed by atoms with Gasteiger partial charge in [0, 0.05) is 18.5 Å². The number of rotatable bonds is 4.